The molecule has 8 nitrogen and oxygen atoms in total. The summed E-state index contributed by atoms with van der Waals surface area (Å²) in [5, 5.41) is 9.81. The predicted octanol–water partition coefficient (Wildman–Crippen LogP) is 5.98. The number of ether oxygens (including phenoxy) is 2. The van der Waals surface area contributed by atoms with E-state index in [0.717, 1.165) is 37.6 Å². The fourth-order valence-corrected chi connectivity index (χ4v) is 5.87. The summed E-state index contributed by atoms with van der Waals surface area (Å²) in [5.74, 6) is -1.32. The van der Waals surface area contributed by atoms with Crippen molar-refractivity contribution in [1.29, 1.82) is 0 Å². The lowest BCUT2D eigenvalue weighted by atomic mass is 9.99. The molecule has 1 N–H and O–H groups in total. The average Bonchev–Trinajstić information content (AvgIpc) is 3.52. The van der Waals surface area contributed by atoms with Gasteiger partial charge in [0.15, 0.2) is 17.4 Å². The number of likely N-dealkylation sites (tertiary alicyclic amines) is 1. The number of rotatable bonds is 9. The van der Waals surface area contributed by atoms with Crippen molar-refractivity contribution in [2.45, 2.75) is 51.0 Å². The summed E-state index contributed by atoms with van der Waals surface area (Å²) in [5.41, 5.74) is 2.33. The summed E-state index contributed by atoms with van der Waals surface area (Å²) >= 11 is 5.82. The number of aromatic carboxylic acids is 1. The van der Waals surface area contributed by atoms with Crippen molar-refractivity contribution in [1.82, 2.24) is 19.4 Å². The van der Waals surface area contributed by atoms with E-state index in [2.05, 4.69) is 14.9 Å². The third-order valence-electron chi connectivity index (χ3n) is 7.97. The largest absolute Gasteiger partial charge is 0.484 e. The molecule has 0 saturated carbocycles. The van der Waals surface area contributed by atoms with Gasteiger partial charge >= 0.3 is 5.97 Å². The Morgan fingerprint density at radius 3 is 2.76 bits per heavy atom. The standard InChI is InChI=1S/C30H29ClF2N4O4/c1-17(26-6-9-40-26)37-25-12-20(30(38)39)11-24(33)29(25)35-28(37)15-36-8-5-19(14-36)18-4-7-34-22(10-18)16-41-27-3-2-21(31)13-23(27)32/h2-4,7,10-13,17,19,26H,5-6,8-9,14-16H2,1H3,(H,38,39)/t17-,19-,26+/m1/s1. The molecule has 214 valence electrons. The molecule has 2 aliphatic rings. The van der Waals surface area contributed by atoms with Crippen LogP contribution in [0.4, 0.5) is 8.78 Å². The quantitative estimate of drug-likeness (QED) is 0.260. The van der Waals surface area contributed by atoms with E-state index in [1.165, 1.54) is 18.2 Å². The average molecular weight is 583 g/mol. The normalized spacial score (nSPS) is 19.8. The van der Waals surface area contributed by atoms with E-state index in [1.807, 2.05) is 23.6 Å². The van der Waals surface area contributed by atoms with Crippen LogP contribution in [-0.4, -0.2) is 56.3 Å². The van der Waals surface area contributed by atoms with Gasteiger partial charge < -0.3 is 19.1 Å². The minimum Gasteiger partial charge on any atom is -0.484 e. The Balaban J connectivity index is 1.19. The van der Waals surface area contributed by atoms with Gasteiger partial charge in [-0.3, -0.25) is 9.88 Å². The van der Waals surface area contributed by atoms with E-state index in [1.54, 1.807) is 12.3 Å². The molecule has 0 aliphatic carbocycles. The SMILES string of the molecule is C[C@H]([C@@H]1CCO1)n1c(CN2CC[C@@H](c3ccnc(COc4ccc(Cl)cc4F)c3)C2)nc2c(F)cc(C(=O)O)cc21. The first kappa shape index (κ1) is 27.6. The molecule has 2 aromatic carbocycles. The van der Waals surface area contributed by atoms with Crippen LogP contribution in [0.3, 0.4) is 0 Å². The Hall–Kier alpha value is -3.60. The molecular formula is C30H29ClF2N4O4. The second-order valence-corrected chi connectivity index (χ2v) is 11.1. The van der Waals surface area contributed by atoms with Gasteiger partial charge in [-0.15, -0.1) is 0 Å². The molecule has 11 heteroatoms. The minimum atomic E-state index is -1.18. The number of halogens is 3. The maximum absolute atomic E-state index is 15.0. The van der Waals surface area contributed by atoms with Crippen molar-refractivity contribution in [2.24, 2.45) is 0 Å². The molecule has 2 fully saturated rings. The Labute approximate surface area is 240 Å². The number of fused-ring (bicyclic) bond motifs is 1. The monoisotopic (exact) mass is 582 g/mol. The number of carboxylic acids is 1. The number of hydrogen-bond donors (Lipinski definition) is 1. The Bertz CT molecular complexity index is 1610. The zero-order valence-corrected chi connectivity index (χ0v) is 23.2. The maximum Gasteiger partial charge on any atom is 0.335 e. The van der Waals surface area contributed by atoms with E-state index < -0.39 is 17.6 Å². The lowest BCUT2D eigenvalue weighted by Gasteiger charge is -2.34. The molecule has 4 aromatic rings. The van der Waals surface area contributed by atoms with Gasteiger partial charge in [0.2, 0.25) is 0 Å². The highest BCUT2D eigenvalue weighted by Gasteiger charge is 2.32. The molecular weight excluding hydrogens is 554 g/mol. The number of nitrogens with zero attached hydrogens (tertiary/aromatic N) is 4. The van der Waals surface area contributed by atoms with E-state index >= 15 is 0 Å². The Kier molecular flexibility index (Phi) is 7.63. The molecule has 2 aromatic heterocycles. The Morgan fingerprint density at radius 1 is 1.20 bits per heavy atom. The number of imidazole rings is 1. The van der Waals surface area contributed by atoms with Gasteiger partial charge in [-0.2, -0.15) is 0 Å². The van der Waals surface area contributed by atoms with Crippen LogP contribution < -0.4 is 4.74 Å². The predicted molar refractivity (Wildman–Crippen MR) is 148 cm³/mol. The van der Waals surface area contributed by atoms with Crippen molar-refractivity contribution < 1.29 is 28.2 Å². The zero-order valence-electron chi connectivity index (χ0n) is 22.4. The summed E-state index contributed by atoms with van der Waals surface area (Å²) in [6.07, 6.45) is 3.49. The minimum absolute atomic E-state index is 0.0344. The molecule has 41 heavy (non-hydrogen) atoms. The van der Waals surface area contributed by atoms with Crippen molar-refractivity contribution in [3.05, 3.63) is 88.0 Å². The molecule has 2 saturated heterocycles. The van der Waals surface area contributed by atoms with Crippen LogP contribution in [0.2, 0.25) is 5.02 Å². The first-order chi connectivity index (χ1) is 19.8. The second kappa shape index (κ2) is 11.3. The molecule has 0 bridgehead atoms. The third-order valence-corrected chi connectivity index (χ3v) is 8.20. The van der Waals surface area contributed by atoms with Gasteiger partial charge in [0.25, 0.3) is 0 Å². The van der Waals surface area contributed by atoms with Crippen LogP contribution in [0.15, 0.2) is 48.7 Å². The summed E-state index contributed by atoms with van der Waals surface area (Å²) in [6, 6.07) is 10.6. The summed E-state index contributed by atoms with van der Waals surface area (Å²) in [7, 11) is 0. The van der Waals surface area contributed by atoms with Crippen LogP contribution in [0, 0.1) is 11.6 Å². The molecule has 3 atom stereocenters. The number of carbonyl (C=O) groups is 1. The van der Waals surface area contributed by atoms with Crippen molar-refractivity contribution in [2.75, 3.05) is 19.7 Å². The molecule has 0 spiro atoms. The van der Waals surface area contributed by atoms with E-state index in [0.29, 0.717) is 35.2 Å². The molecule has 0 radical (unpaired) electrons. The van der Waals surface area contributed by atoms with E-state index in [9.17, 15) is 18.7 Å². The molecule has 0 unspecified atom stereocenters. The number of hydrogen-bond acceptors (Lipinski definition) is 6. The van der Waals surface area contributed by atoms with Gasteiger partial charge in [0.1, 0.15) is 17.9 Å². The highest BCUT2D eigenvalue weighted by molar-refractivity contribution is 6.30. The summed E-state index contributed by atoms with van der Waals surface area (Å²) in [6.45, 7) is 4.86. The van der Waals surface area contributed by atoms with Crippen molar-refractivity contribution in [3.63, 3.8) is 0 Å². The van der Waals surface area contributed by atoms with Gasteiger partial charge in [0.05, 0.1) is 35.5 Å². The van der Waals surface area contributed by atoms with Gasteiger partial charge in [-0.05, 0) is 80.3 Å². The Morgan fingerprint density at radius 2 is 2.02 bits per heavy atom. The second-order valence-electron chi connectivity index (χ2n) is 10.6. The van der Waals surface area contributed by atoms with E-state index in [-0.39, 0.29) is 41.5 Å². The van der Waals surface area contributed by atoms with Crippen molar-refractivity contribution in [3.8, 4) is 5.75 Å². The highest BCUT2D eigenvalue weighted by atomic mass is 35.5. The maximum atomic E-state index is 15.0. The number of carboxylic acid groups (broad SMARTS) is 1. The van der Waals surface area contributed by atoms with Gasteiger partial charge in [0, 0.05) is 24.4 Å². The smallest absolute Gasteiger partial charge is 0.335 e. The van der Waals surface area contributed by atoms with Crippen LogP contribution in [-0.2, 0) is 17.9 Å². The van der Waals surface area contributed by atoms with Crippen molar-refractivity contribution >= 4 is 28.6 Å². The van der Waals surface area contributed by atoms with Crippen LogP contribution >= 0.6 is 11.6 Å². The first-order valence-electron chi connectivity index (χ1n) is 13.6. The lowest BCUT2D eigenvalue weighted by molar-refractivity contribution is -0.0761. The summed E-state index contributed by atoms with van der Waals surface area (Å²) in [4.78, 5) is 22.9. The molecule has 2 aliphatic heterocycles. The summed E-state index contributed by atoms with van der Waals surface area (Å²) < 4.78 is 42.4. The van der Waals surface area contributed by atoms with Crippen LogP contribution in [0.25, 0.3) is 11.0 Å². The zero-order chi connectivity index (χ0) is 28.7. The molecule has 6 rings (SSSR count). The van der Waals surface area contributed by atoms with Gasteiger partial charge in [-0.1, -0.05) is 11.6 Å². The van der Waals surface area contributed by atoms with E-state index in [4.69, 9.17) is 21.1 Å². The van der Waals surface area contributed by atoms with Crippen LogP contribution in [0.1, 0.15) is 59.2 Å². The third kappa shape index (κ3) is 5.64. The topological polar surface area (TPSA) is 89.7 Å². The number of benzene rings is 2. The fourth-order valence-electron chi connectivity index (χ4n) is 5.71. The first-order valence-corrected chi connectivity index (χ1v) is 13.9. The highest BCUT2D eigenvalue weighted by Crippen LogP contribution is 2.34. The van der Waals surface area contributed by atoms with Crippen LogP contribution in [0.5, 0.6) is 5.75 Å². The molecule has 4 heterocycles. The molecule has 0 amide bonds. The lowest BCUT2D eigenvalue weighted by Crippen LogP contribution is -2.36. The fraction of sp³-hybridized carbons (Fsp3) is 0.367. The van der Waals surface area contributed by atoms with Gasteiger partial charge in [-0.25, -0.2) is 18.6 Å². The number of aromatic nitrogens is 3. The number of pyridine rings is 1.